The number of aryl methyl sites for hydroxylation is 1. The molecule has 20 heavy (non-hydrogen) atoms. The SMILES string of the molecule is Cc1cc(=O)n2c3ccccc3c3cc(F)ccc3n12. The van der Waals surface area contributed by atoms with Crippen molar-refractivity contribution in [3.8, 4) is 0 Å². The largest absolute Gasteiger partial charge is 0.271 e. The van der Waals surface area contributed by atoms with Crippen LogP contribution in [0.25, 0.3) is 21.8 Å². The maximum atomic E-state index is 13.6. The summed E-state index contributed by atoms with van der Waals surface area (Å²) in [5, 5.41) is 1.68. The van der Waals surface area contributed by atoms with Crippen LogP contribution in [0.3, 0.4) is 0 Å². The average molecular weight is 266 g/mol. The summed E-state index contributed by atoms with van der Waals surface area (Å²) in [6.07, 6.45) is 0. The molecule has 0 unspecified atom stereocenters. The Bertz CT molecular complexity index is 1040. The highest BCUT2D eigenvalue weighted by Crippen LogP contribution is 2.25. The molecule has 0 aliphatic carbocycles. The molecule has 0 saturated carbocycles. The predicted molar refractivity (Wildman–Crippen MR) is 76.8 cm³/mol. The van der Waals surface area contributed by atoms with Gasteiger partial charge in [-0.15, -0.1) is 0 Å². The summed E-state index contributed by atoms with van der Waals surface area (Å²) in [6, 6.07) is 13.8. The molecule has 0 radical (unpaired) electrons. The van der Waals surface area contributed by atoms with Crippen LogP contribution in [-0.4, -0.2) is 9.03 Å². The fourth-order valence-electron chi connectivity index (χ4n) is 2.88. The number of nitrogens with zero attached hydrogens (tertiary/aromatic N) is 2. The van der Waals surface area contributed by atoms with E-state index in [4.69, 9.17) is 0 Å². The van der Waals surface area contributed by atoms with Crippen LogP contribution in [0.1, 0.15) is 5.69 Å². The van der Waals surface area contributed by atoms with Crippen molar-refractivity contribution in [2.45, 2.75) is 6.92 Å². The molecule has 0 spiro atoms. The first-order valence-electron chi connectivity index (χ1n) is 6.38. The number of fused-ring (bicyclic) bond motifs is 6. The van der Waals surface area contributed by atoms with Crippen molar-refractivity contribution in [3.63, 3.8) is 0 Å². The van der Waals surface area contributed by atoms with Crippen LogP contribution in [0, 0.1) is 12.7 Å². The van der Waals surface area contributed by atoms with Crippen LogP contribution in [0.2, 0.25) is 0 Å². The van der Waals surface area contributed by atoms with Crippen molar-refractivity contribution < 1.29 is 4.39 Å². The van der Waals surface area contributed by atoms with Crippen LogP contribution in [0.15, 0.2) is 53.3 Å². The van der Waals surface area contributed by atoms with Crippen LogP contribution < -0.4 is 5.56 Å². The Hall–Kier alpha value is -2.62. The fraction of sp³-hybridized carbons (Fsp3) is 0.0625. The average Bonchev–Trinajstić information content (AvgIpc) is 2.74. The summed E-state index contributed by atoms with van der Waals surface area (Å²) >= 11 is 0. The number of benzene rings is 2. The Balaban J connectivity index is 2.50. The van der Waals surface area contributed by atoms with Crippen molar-refractivity contribution in [2.24, 2.45) is 0 Å². The standard InChI is InChI=1S/C16H11FN2O/c1-10-8-16(20)19-14-5-3-2-4-12(14)13-9-11(17)6-7-15(13)18(10)19/h2-9H,1H3. The Morgan fingerprint density at radius 1 is 0.900 bits per heavy atom. The highest BCUT2D eigenvalue weighted by Gasteiger charge is 2.12. The van der Waals surface area contributed by atoms with Crippen molar-refractivity contribution in [3.05, 3.63) is 70.4 Å². The van der Waals surface area contributed by atoms with E-state index >= 15 is 0 Å². The predicted octanol–water partition coefficient (Wildman–Crippen LogP) is 3.15. The first kappa shape index (κ1) is 11.2. The Morgan fingerprint density at radius 2 is 1.65 bits per heavy atom. The van der Waals surface area contributed by atoms with E-state index in [0.717, 1.165) is 27.5 Å². The summed E-state index contributed by atoms with van der Waals surface area (Å²) in [7, 11) is 0. The quantitative estimate of drug-likeness (QED) is 0.449. The lowest BCUT2D eigenvalue weighted by molar-refractivity contribution is 0.629. The van der Waals surface area contributed by atoms with Crippen LogP contribution in [-0.2, 0) is 0 Å². The molecule has 4 aromatic rings. The monoisotopic (exact) mass is 266 g/mol. The van der Waals surface area contributed by atoms with Gasteiger partial charge in [0.25, 0.3) is 5.56 Å². The molecule has 0 N–H and O–H groups in total. The third-order valence-electron chi connectivity index (χ3n) is 3.68. The lowest BCUT2D eigenvalue weighted by Crippen LogP contribution is -2.13. The van der Waals surface area contributed by atoms with Crippen molar-refractivity contribution in [1.82, 2.24) is 9.03 Å². The molecule has 0 saturated heterocycles. The van der Waals surface area contributed by atoms with Gasteiger partial charge in [-0.2, -0.15) is 0 Å². The molecule has 0 amide bonds. The molecule has 2 aromatic carbocycles. The Morgan fingerprint density at radius 3 is 2.50 bits per heavy atom. The minimum absolute atomic E-state index is 0.0788. The molecule has 0 aliphatic rings. The zero-order valence-electron chi connectivity index (χ0n) is 10.8. The molecule has 0 bridgehead atoms. The lowest BCUT2D eigenvalue weighted by Gasteiger charge is -2.11. The second-order valence-corrected chi connectivity index (χ2v) is 4.93. The van der Waals surface area contributed by atoms with Gasteiger partial charge in [-0.1, -0.05) is 18.2 Å². The molecule has 4 heteroatoms. The smallest absolute Gasteiger partial charge is 0.267 e. The van der Waals surface area contributed by atoms with Crippen molar-refractivity contribution in [1.29, 1.82) is 0 Å². The molecular weight excluding hydrogens is 255 g/mol. The van der Waals surface area contributed by atoms with E-state index < -0.39 is 0 Å². The molecule has 2 aromatic heterocycles. The number of halogens is 1. The highest BCUT2D eigenvalue weighted by molar-refractivity contribution is 6.04. The number of hydrogen-bond donors (Lipinski definition) is 0. The topological polar surface area (TPSA) is 25.9 Å². The summed E-state index contributed by atoms with van der Waals surface area (Å²) in [5.41, 5.74) is 2.36. The van der Waals surface area contributed by atoms with Gasteiger partial charge in [0.05, 0.1) is 11.0 Å². The molecule has 0 atom stereocenters. The van der Waals surface area contributed by atoms with E-state index in [2.05, 4.69) is 0 Å². The van der Waals surface area contributed by atoms with Crippen LogP contribution in [0.4, 0.5) is 4.39 Å². The van der Waals surface area contributed by atoms with Crippen LogP contribution in [0.5, 0.6) is 0 Å². The van der Waals surface area contributed by atoms with E-state index in [1.54, 1.807) is 16.6 Å². The van der Waals surface area contributed by atoms with Gasteiger partial charge in [0.1, 0.15) is 5.82 Å². The molecule has 4 rings (SSSR count). The van der Waals surface area contributed by atoms with E-state index in [1.807, 2.05) is 35.7 Å². The van der Waals surface area contributed by atoms with Gasteiger partial charge in [0, 0.05) is 22.5 Å². The first-order chi connectivity index (χ1) is 9.66. The highest BCUT2D eigenvalue weighted by atomic mass is 19.1. The van der Waals surface area contributed by atoms with Gasteiger partial charge in [-0.25, -0.2) is 13.4 Å². The van der Waals surface area contributed by atoms with E-state index in [9.17, 15) is 9.18 Å². The molecule has 0 aliphatic heterocycles. The molecule has 3 nitrogen and oxygen atoms in total. The van der Waals surface area contributed by atoms with E-state index in [0.29, 0.717) is 0 Å². The minimum atomic E-state index is -0.279. The number of rotatable bonds is 0. The molecule has 2 heterocycles. The minimum Gasteiger partial charge on any atom is -0.267 e. The summed E-state index contributed by atoms with van der Waals surface area (Å²) < 4.78 is 17.1. The summed E-state index contributed by atoms with van der Waals surface area (Å²) in [4.78, 5) is 12.2. The Kier molecular flexibility index (Phi) is 2.07. The normalized spacial score (nSPS) is 11.7. The number of hydrogen-bond acceptors (Lipinski definition) is 1. The lowest BCUT2D eigenvalue weighted by atomic mass is 10.1. The number of para-hydroxylation sites is 1. The number of aromatic nitrogens is 2. The van der Waals surface area contributed by atoms with Gasteiger partial charge in [-0.05, 0) is 31.2 Å². The zero-order valence-corrected chi connectivity index (χ0v) is 10.8. The van der Waals surface area contributed by atoms with Gasteiger partial charge in [-0.3, -0.25) is 4.79 Å². The van der Waals surface area contributed by atoms with Gasteiger partial charge in [0.15, 0.2) is 0 Å². The second-order valence-electron chi connectivity index (χ2n) is 4.93. The summed E-state index contributed by atoms with van der Waals surface area (Å²) in [5.74, 6) is -0.279. The van der Waals surface area contributed by atoms with E-state index in [1.165, 1.54) is 12.1 Å². The van der Waals surface area contributed by atoms with Gasteiger partial charge >= 0.3 is 0 Å². The fourth-order valence-corrected chi connectivity index (χ4v) is 2.88. The molecule has 0 fully saturated rings. The van der Waals surface area contributed by atoms with E-state index in [-0.39, 0.29) is 11.4 Å². The zero-order chi connectivity index (χ0) is 13.9. The van der Waals surface area contributed by atoms with Crippen molar-refractivity contribution in [2.75, 3.05) is 0 Å². The molecule has 98 valence electrons. The maximum Gasteiger partial charge on any atom is 0.271 e. The maximum absolute atomic E-state index is 13.6. The second kappa shape index (κ2) is 3.70. The van der Waals surface area contributed by atoms with Crippen molar-refractivity contribution >= 4 is 21.8 Å². The van der Waals surface area contributed by atoms with Gasteiger partial charge in [0.2, 0.25) is 0 Å². The molecular formula is C16H11FN2O. The van der Waals surface area contributed by atoms with Gasteiger partial charge < -0.3 is 0 Å². The third kappa shape index (κ3) is 1.30. The summed E-state index contributed by atoms with van der Waals surface area (Å²) in [6.45, 7) is 1.87. The Labute approximate surface area is 113 Å². The third-order valence-corrected chi connectivity index (χ3v) is 3.68. The van der Waals surface area contributed by atoms with Crippen LogP contribution >= 0.6 is 0 Å². The first-order valence-corrected chi connectivity index (χ1v) is 6.38.